The lowest BCUT2D eigenvalue weighted by molar-refractivity contribution is -0.165. The van der Waals surface area contributed by atoms with Gasteiger partial charge in [0.1, 0.15) is 29.5 Å². The first-order valence-corrected chi connectivity index (χ1v) is 20.3. The van der Waals surface area contributed by atoms with Gasteiger partial charge in [0.2, 0.25) is 5.91 Å². The topological polar surface area (TPSA) is 200 Å². The van der Waals surface area contributed by atoms with Crippen LogP contribution in [-0.4, -0.2) is 108 Å². The largest absolute Gasteiger partial charge is 0.479 e. The molecule has 0 bridgehead atoms. The van der Waals surface area contributed by atoms with E-state index in [4.69, 9.17) is 25.2 Å². The number of methoxy groups -OCH3 is 1. The van der Waals surface area contributed by atoms with Crippen LogP contribution >= 0.6 is 0 Å². The minimum atomic E-state index is -4.44. The van der Waals surface area contributed by atoms with Crippen molar-refractivity contribution in [2.24, 2.45) is 0 Å². The van der Waals surface area contributed by atoms with Crippen molar-refractivity contribution >= 4 is 34.7 Å². The van der Waals surface area contributed by atoms with Gasteiger partial charge in [-0.05, 0) is 85.7 Å². The summed E-state index contributed by atoms with van der Waals surface area (Å²) in [5.74, 6) is -5.31. The molecule has 0 saturated carbocycles. The van der Waals surface area contributed by atoms with Gasteiger partial charge in [-0.15, -0.1) is 0 Å². The number of hydrogen-bond acceptors (Lipinski definition) is 10. The number of carboxylic acids is 2. The average molecular weight is 911 g/mol. The van der Waals surface area contributed by atoms with Crippen molar-refractivity contribution in [2.45, 2.75) is 82.6 Å². The summed E-state index contributed by atoms with van der Waals surface area (Å²) in [6.45, 7) is 4.65. The first-order chi connectivity index (χ1) is 30.6. The molecule has 1 aliphatic rings. The summed E-state index contributed by atoms with van der Waals surface area (Å²) in [5.41, 5.74) is 0.739. The molecular weight excluding hydrogens is 864 g/mol. The van der Waals surface area contributed by atoms with Crippen LogP contribution in [0.2, 0.25) is 0 Å². The quantitative estimate of drug-likeness (QED) is 0.0811. The second-order valence-corrected chi connectivity index (χ2v) is 15.8. The number of rotatable bonds is 14. The number of para-hydroxylation sites is 1. The Bertz CT molecular complexity index is 2540. The Hall–Kier alpha value is -6.57. The number of aryl methyl sites for hydroxylation is 2. The fourth-order valence-electron chi connectivity index (χ4n) is 7.49. The average Bonchev–Trinajstić information content (AvgIpc) is 3.28. The molecule has 1 amide bonds. The number of aromatic nitrogens is 2. The smallest absolute Gasteiger partial charge is 0.416 e. The van der Waals surface area contributed by atoms with E-state index in [9.17, 15) is 45.9 Å². The molecular formula is C46H47F5N4O10. The zero-order valence-electron chi connectivity index (χ0n) is 35.5. The van der Waals surface area contributed by atoms with Gasteiger partial charge < -0.3 is 34.6 Å². The summed E-state index contributed by atoms with van der Waals surface area (Å²) >= 11 is 0. The maximum atomic E-state index is 14.6. The molecule has 2 heterocycles. The van der Waals surface area contributed by atoms with Gasteiger partial charge in [0.15, 0.2) is 12.2 Å². The predicted octanol–water partition coefficient (Wildman–Crippen LogP) is 5.47. The maximum absolute atomic E-state index is 14.6. The van der Waals surface area contributed by atoms with Crippen molar-refractivity contribution in [1.82, 2.24) is 19.4 Å². The van der Waals surface area contributed by atoms with E-state index in [2.05, 4.69) is 4.98 Å². The molecule has 2 unspecified atom stereocenters. The number of aliphatic carboxylic acids is 2. The third-order valence-corrected chi connectivity index (χ3v) is 11.3. The number of nitrogens with zero attached hydrogens (tertiary/aromatic N) is 4. The Morgan fingerprint density at radius 1 is 0.831 bits per heavy atom. The number of amides is 1. The van der Waals surface area contributed by atoms with Crippen LogP contribution in [0.3, 0.4) is 0 Å². The standard InChI is InChI=1S/C42H41F5N4O4.C4H6O6/c1-41(2,40(54)55-3)49-22-20-33(21-23-49)50(25-27-8-10-28(11-9-27)29-12-16-31(17-13-29)42(45,46)47)38(52)26-51-36-7-5-4-6-34(36)39(53)48-37(51)19-15-30-14-18-32(43)24-35(30)44;5-1(3(7)8)2(6)4(9)10/h4-14,16-18,24,33H,15,19-23,25-26H2,1-3H3;1-2,5-6H,(H,7,8)(H,9,10). The van der Waals surface area contributed by atoms with Crippen LogP contribution in [0.5, 0.6) is 0 Å². The molecule has 4 N–H and O–H groups in total. The number of carbonyl (C=O) groups excluding carboxylic acids is 2. The predicted molar refractivity (Wildman–Crippen MR) is 225 cm³/mol. The van der Waals surface area contributed by atoms with Gasteiger partial charge in [-0.25, -0.2) is 18.4 Å². The van der Waals surface area contributed by atoms with E-state index in [0.717, 1.165) is 29.8 Å². The van der Waals surface area contributed by atoms with Gasteiger partial charge in [0.25, 0.3) is 5.56 Å². The van der Waals surface area contributed by atoms with E-state index in [0.29, 0.717) is 48.0 Å². The van der Waals surface area contributed by atoms with Crippen LogP contribution in [0.1, 0.15) is 49.2 Å². The van der Waals surface area contributed by atoms with Crippen molar-refractivity contribution in [3.8, 4) is 11.1 Å². The molecule has 0 radical (unpaired) electrons. The van der Waals surface area contributed by atoms with E-state index in [-0.39, 0.29) is 55.2 Å². The normalized spacial score (nSPS) is 14.5. The van der Waals surface area contributed by atoms with Gasteiger partial charge >= 0.3 is 24.1 Å². The molecule has 0 spiro atoms. The summed E-state index contributed by atoms with van der Waals surface area (Å²) in [6, 6.07) is 22.1. The van der Waals surface area contributed by atoms with E-state index >= 15 is 0 Å². The SMILES string of the molecule is COC(=O)C(C)(C)N1CCC(N(Cc2ccc(-c3ccc(C(F)(F)F)cc3)cc2)C(=O)Cn2c(CCc3ccc(F)cc3F)nc(=O)c3ccccc32)CC1.O=C(O)C(O)C(O)C(=O)O. The number of fused-ring (bicyclic) bond motifs is 1. The number of halogens is 5. The number of alkyl halides is 3. The molecule has 5 aromatic rings. The zero-order chi connectivity index (χ0) is 47.8. The highest BCUT2D eigenvalue weighted by molar-refractivity contribution is 5.83. The lowest BCUT2D eigenvalue weighted by Gasteiger charge is -2.44. The number of likely N-dealkylation sites (tertiary alicyclic amines) is 1. The van der Waals surface area contributed by atoms with Crippen molar-refractivity contribution in [3.05, 3.63) is 135 Å². The number of aliphatic hydroxyl groups excluding tert-OH is 2. The summed E-state index contributed by atoms with van der Waals surface area (Å²) in [6.07, 6.45) is -7.67. The number of aliphatic hydroxyl groups is 2. The Kier molecular flexibility index (Phi) is 15.9. The third kappa shape index (κ3) is 12.2. The van der Waals surface area contributed by atoms with E-state index < -0.39 is 58.6 Å². The molecule has 346 valence electrons. The highest BCUT2D eigenvalue weighted by Crippen LogP contribution is 2.32. The number of esters is 1. The van der Waals surface area contributed by atoms with Gasteiger partial charge in [0, 0.05) is 38.2 Å². The molecule has 19 heteroatoms. The van der Waals surface area contributed by atoms with E-state index in [1.807, 2.05) is 17.0 Å². The number of carbonyl (C=O) groups is 4. The molecule has 0 aliphatic carbocycles. The Balaban J connectivity index is 0.000000709. The molecule has 1 fully saturated rings. The number of ether oxygens (including phenoxy) is 1. The monoisotopic (exact) mass is 910 g/mol. The van der Waals surface area contributed by atoms with Crippen molar-refractivity contribution in [2.75, 3.05) is 20.2 Å². The second kappa shape index (κ2) is 21.0. The maximum Gasteiger partial charge on any atom is 0.416 e. The minimum absolute atomic E-state index is 0.0995. The number of piperidine rings is 1. The number of carboxylic acid groups (broad SMARTS) is 2. The van der Waals surface area contributed by atoms with E-state index in [1.165, 1.54) is 25.3 Å². The molecule has 4 aromatic carbocycles. The van der Waals surface area contributed by atoms with Crippen LogP contribution in [-0.2, 0) is 56.0 Å². The first-order valence-electron chi connectivity index (χ1n) is 20.3. The minimum Gasteiger partial charge on any atom is -0.479 e. The summed E-state index contributed by atoms with van der Waals surface area (Å²) in [4.78, 5) is 68.0. The number of hydrogen-bond donors (Lipinski definition) is 4. The van der Waals surface area contributed by atoms with Gasteiger partial charge in [-0.1, -0.05) is 54.6 Å². The van der Waals surface area contributed by atoms with Crippen molar-refractivity contribution in [3.63, 3.8) is 0 Å². The molecule has 1 aliphatic heterocycles. The second-order valence-electron chi connectivity index (χ2n) is 15.8. The third-order valence-electron chi connectivity index (χ3n) is 11.3. The Morgan fingerprint density at radius 2 is 1.40 bits per heavy atom. The van der Waals surface area contributed by atoms with Crippen LogP contribution in [0.25, 0.3) is 22.0 Å². The van der Waals surface area contributed by atoms with Crippen LogP contribution in [0, 0.1) is 11.6 Å². The van der Waals surface area contributed by atoms with E-state index in [1.54, 1.807) is 59.7 Å². The van der Waals surface area contributed by atoms with Crippen LogP contribution < -0.4 is 5.56 Å². The molecule has 65 heavy (non-hydrogen) atoms. The zero-order valence-corrected chi connectivity index (χ0v) is 35.5. The Morgan fingerprint density at radius 3 is 1.94 bits per heavy atom. The lowest BCUT2D eigenvalue weighted by atomic mass is 9.95. The Labute approximate surface area is 369 Å². The summed E-state index contributed by atoms with van der Waals surface area (Å²) < 4.78 is 74.3. The summed E-state index contributed by atoms with van der Waals surface area (Å²) in [5, 5.41) is 32.8. The first kappa shape index (κ1) is 49.4. The van der Waals surface area contributed by atoms with Crippen molar-refractivity contribution in [1.29, 1.82) is 0 Å². The molecule has 1 aromatic heterocycles. The lowest BCUT2D eigenvalue weighted by Crippen LogP contribution is -2.56. The number of benzene rings is 4. The fraction of sp³-hybridized carbons (Fsp3) is 0.348. The molecule has 6 rings (SSSR count). The molecule has 1 saturated heterocycles. The summed E-state index contributed by atoms with van der Waals surface area (Å²) in [7, 11) is 1.35. The van der Waals surface area contributed by atoms with Gasteiger partial charge in [-0.3, -0.25) is 19.3 Å². The highest BCUT2D eigenvalue weighted by atomic mass is 19.4. The van der Waals surface area contributed by atoms with Gasteiger partial charge in [-0.2, -0.15) is 18.2 Å². The molecule has 14 nitrogen and oxygen atoms in total. The fourth-order valence-corrected chi connectivity index (χ4v) is 7.49. The van der Waals surface area contributed by atoms with Gasteiger partial charge in [0.05, 0.1) is 23.6 Å². The van der Waals surface area contributed by atoms with Crippen LogP contribution in [0.4, 0.5) is 22.0 Å². The molecule has 2 atom stereocenters. The van der Waals surface area contributed by atoms with Crippen molar-refractivity contribution < 1.29 is 66.3 Å². The van der Waals surface area contributed by atoms with Crippen LogP contribution in [0.15, 0.2) is 95.8 Å². The highest BCUT2D eigenvalue weighted by Gasteiger charge is 2.39.